The zero-order chi connectivity index (χ0) is 22.7. The van der Waals surface area contributed by atoms with Crippen LogP contribution in [0.2, 0.25) is 0 Å². The molecule has 3 aromatic rings. The Hall–Kier alpha value is -3.59. The molecule has 0 unspecified atom stereocenters. The van der Waals surface area contributed by atoms with E-state index >= 15 is 0 Å². The summed E-state index contributed by atoms with van der Waals surface area (Å²) in [6.45, 7) is 2.04. The molecular weight excluding hydrogens is 431 g/mol. The van der Waals surface area contributed by atoms with Gasteiger partial charge in [-0.3, -0.25) is 19.7 Å². The summed E-state index contributed by atoms with van der Waals surface area (Å²) >= 11 is 1.18. The van der Waals surface area contributed by atoms with Gasteiger partial charge in [-0.2, -0.15) is 0 Å². The Labute approximate surface area is 188 Å². The van der Waals surface area contributed by atoms with Gasteiger partial charge in [-0.05, 0) is 55.3 Å². The number of aromatic nitrogens is 1. The first kappa shape index (κ1) is 21.6. The zero-order valence-electron chi connectivity index (χ0n) is 17.4. The predicted octanol–water partition coefficient (Wildman–Crippen LogP) is 4.68. The van der Waals surface area contributed by atoms with E-state index in [0.29, 0.717) is 35.0 Å². The maximum Gasteiger partial charge on any atom is 0.257 e. The van der Waals surface area contributed by atoms with Crippen LogP contribution >= 0.6 is 11.3 Å². The molecule has 0 atom stereocenters. The fourth-order valence-electron chi connectivity index (χ4n) is 3.50. The molecule has 0 spiro atoms. The Bertz CT molecular complexity index is 1180. The molecule has 0 radical (unpaired) electrons. The number of hydrogen-bond donors (Lipinski definition) is 2. The van der Waals surface area contributed by atoms with Gasteiger partial charge < -0.3 is 10.2 Å². The predicted molar refractivity (Wildman–Crippen MR) is 122 cm³/mol. The molecule has 2 heterocycles. The molecule has 1 saturated heterocycles. The van der Waals surface area contributed by atoms with Gasteiger partial charge in [0.2, 0.25) is 11.8 Å². The van der Waals surface area contributed by atoms with E-state index < -0.39 is 5.82 Å². The molecule has 4 rings (SSSR count). The molecule has 32 heavy (non-hydrogen) atoms. The fourth-order valence-corrected chi connectivity index (χ4v) is 4.21. The molecule has 1 fully saturated rings. The second kappa shape index (κ2) is 9.27. The monoisotopic (exact) mass is 452 g/mol. The normalized spacial score (nSPS) is 13.7. The number of nitrogens with one attached hydrogen (secondary N) is 2. The van der Waals surface area contributed by atoms with Crippen molar-refractivity contribution in [3.63, 3.8) is 0 Å². The van der Waals surface area contributed by atoms with Crippen LogP contribution in [0.15, 0.2) is 47.8 Å². The van der Waals surface area contributed by atoms with Gasteiger partial charge in [-0.1, -0.05) is 0 Å². The van der Waals surface area contributed by atoms with E-state index in [1.54, 1.807) is 40.6 Å². The minimum Gasteiger partial charge on any atom is -0.326 e. The number of anilines is 3. The van der Waals surface area contributed by atoms with Gasteiger partial charge in [0.15, 0.2) is 5.13 Å². The van der Waals surface area contributed by atoms with Gasteiger partial charge in [-0.15, -0.1) is 11.3 Å². The summed E-state index contributed by atoms with van der Waals surface area (Å²) in [6.07, 6.45) is 2.43. The average Bonchev–Trinajstić information content (AvgIpc) is 3.22. The molecule has 2 aromatic carbocycles. The minimum atomic E-state index is -0.526. The van der Waals surface area contributed by atoms with Crippen LogP contribution in [-0.4, -0.2) is 29.3 Å². The number of amides is 3. The summed E-state index contributed by atoms with van der Waals surface area (Å²) in [5, 5.41) is 7.24. The van der Waals surface area contributed by atoms with E-state index in [2.05, 4.69) is 15.6 Å². The second-order valence-electron chi connectivity index (χ2n) is 7.42. The Kier molecular flexibility index (Phi) is 6.27. The van der Waals surface area contributed by atoms with Gasteiger partial charge >= 0.3 is 0 Å². The smallest absolute Gasteiger partial charge is 0.257 e. The maximum absolute atomic E-state index is 14.4. The molecule has 9 heteroatoms. The zero-order valence-corrected chi connectivity index (χ0v) is 18.2. The number of carbonyl (C=O) groups is 3. The summed E-state index contributed by atoms with van der Waals surface area (Å²) in [4.78, 5) is 41.8. The van der Waals surface area contributed by atoms with Crippen molar-refractivity contribution in [1.29, 1.82) is 0 Å². The lowest BCUT2D eigenvalue weighted by atomic mass is 10.1. The van der Waals surface area contributed by atoms with Crippen LogP contribution in [0.4, 0.5) is 20.9 Å². The van der Waals surface area contributed by atoms with Gasteiger partial charge in [-0.25, -0.2) is 9.37 Å². The number of benzene rings is 2. The number of nitrogens with zero attached hydrogens (tertiary/aromatic N) is 2. The molecule has 3 amide bonds. The van der Waals surface area contributed by atoms with Crippen molar-refractivity contribution in [2.75, 3.05) is 22.1 Å². The highest BCUT2D eigenvalue weighted by Crippen LogP contribution is 2.29. The Morgan fingerprint density at radius 1 is 1.09 bits per heavy atom. The number of rotatable bonds is 5. The minimum absolute atomic E-state index is 0.0982. The van der Waals surface area contributed by atoms with Crippen LogP contribution in [0.1, 0.15) is 36.5 Å². The second-order valence-corrected chi connectivity index (χ2v) is 8.28. The molecular formula is C23H21FN4O3S. The first-order chi connectivity index (χ1) is 15.4. The molecule has 7 nitrogen and oxygen atoms in total. The largest absolute Gasteiger partial charge is 0.326 e. The average molecular weight is 453 g/mol. The molecule has 1 aliphatic heterocycles. The van der Waals surface area contributed by atoms with Gasteiger partial charge in [0.25, 0.3) is 5.91 Å². The molecule has 0 saturated carbocycles. The number of carbonyl (C=O) groups excluding carboxylic acids is 3. The summed E-state index contributed by atoms with van der Waals surface area (Å²) in [6, 6.07) is 11.2. The standard InChI is InChI=1S/C23H21FN4O3S/c1-14(29)25-16-7-10-18(19(24)12-16)20-13-32-23(26-20)27-22(31)15-5-8-17(9-6-15)28-11-3-2-4-21(28)30/h5-10,12-13H,2-4,11H2,1H3,(H,25,29)(H,26,27,31). The highest BCUT2D eigenvalue weighted by atomic mass is 32.1. The molecule has 2 N–H and O–H groups in total. The summed E-state index contributed by atoms with van der Waals surface area (Å²) < 4.78 is 14.4. The molecule has 0 aliphatic carbocycles. The van der Waals surface area contributed by atoms with Crippen molar-refractivity contribution in [3.05, 3.63) is 59.2 Å². The van der Waals surface area contributed by atoms with Crippen molar-refractivity contribution < 1.29 is 18.8 Å². The lowest BCUT2D eigenvalue weighted by Crippen LogP contribution is -2.35. The highest BCUT2D eigenvalue weighted by Gasteiger charge is 2.20. The molecule has 1 aliphatic rings. The lowest BCUT2D eigenvalue weighted by Gasteiger charge is -2.26. The van der Waals surface area contributed by atoms with Crippen LogP contribution in [0.5, 0.6) is 0 Å². The number of piperidine rings is 1. The van der Waals surface area contributed by atoms with E-state index in [4.69, 9.17) is 0 Å². The van der Waals surface area contributed by atoms with E-state index in [9.17, 15) is 18.8 Å². The van der Waals surface area contributed by atoms with E-state index in [-0.39, 0.29) is 23.3 Å². The van der Waals surface area contributed by atoms with Crippen LogP contribution in [0, 0.1) is 5.82 Å². The molecule has 164 valence electrons. The van der Waals surface area contributed by atoms with Crippen molar-refractivity contribution in [2.24, 2.45) is 0 Å². The number of hydrogen-bond acceptors (Lipinski definition) is 5. The summed E-state index contributed by atoms with van der Waals surface area (Å²) in [5.74, 6) is -1.06. The Balaban J connectivity index is 1.44. The third kappa shape index (κ3) is 4.83. The van der Waals surface area contributed by atoms with Crippen LogP contribution in [0.3, 0.4) is 0 Å². The quantitative estimate of drug-likeness (QED) is 0.588. The summed E-state index contributed by atoms with van der Waals surface area (Å²) in [5.41, 5.74) is 2.22. The maximum atomic E-state index is 14.4. The van der Waals surface area contributed by atoms with Crippen LogP contribution in [0.25, 0.3) is 11.3 Å². The first-order valence-electron chi connectivity index (χ1n) is 10.2. The third-order valence-corrected chi connectivity index (χ3v) is 5.81. The van der Waals surface area contributed by atoms with E-state index in [1.165, 1.54) is 30.4 Å². The van der Waals surface area contributed by atoms with Crippen molar-refractivity contribution in [2.45, 2.75) is 26.2 Å². The summed E-state index contributed by atoms with van der Waals surface area (Å²) in [7, 11) is 0. The van der Waals surface area contributed by atoms with E-state index in [1.807, 2.05) is 0 Å². The van der Waals surface area contributed by atoms with Gasteiger partial charge in [0.1, 0.15) is 5.82 Å². The SMILES string of the molecule is CC(=O)Nc1ccc(-c2csc(NC(=O)c3ccc(N4CCCCC4=O)cc3)n2)c(F)c1. The van der Waals surface area contributed by atoms with E-state index in [0.717, 1.165) is 18.5 Å². The molecule has 0 bridgehead atoms. The van der Waals surface area contributed by atoms with Gasteiger partial charge in [0, 0.05) is 47.8 Å². The fraction of sp³-hybridized carbons (Fsp3) is 0.217. The van der Waals surface area contributed by atoms with Crippen molar-refractivity contribution in [3.8, 4) is 11.3 Å². The molecule has 1 aromatic heterocycles. The van der Waals surface area contributed by atoms with Crippen molar-refractivity contribution >= 4 is 45.6 Å². The van der Waals surface area contributed by atoms with Crippen molar-refractivity contribution in [1.82, 2.24) is 4.98 Å². The highest BCUT2D eigenvalue weighted by molar-refractivity contribution is 7.14. The number of thiazole rings is 1. The van der Waals surface area contributed by atoms with Crippen LogP contribution < -0.4 is 15.5 Å². The van der Waals surface area contributed by atoms with Gasteiger partial charge in [0.05, 0.1) is 5.69 Å². The lowest BCUT2D eigenvalue weighted by molar-refractivity contribution is -0.119. The topological polar surface area (TPSA) is 91.4 Å². The first-order valence-corrected chi connectivity index (χ1v) is 11.0. The third-order valence-electron chi connectivity index (χ3n) is 5.05. The number of halogens is 1. The Morgan fingerprint density at radius 2 is 1.88 bits per heavy atom. The Morgan fingerprint density at radius 3 is 2.56 bits per heavy atom. The van der Waals surface area contributed by atoms with Crippen LogP contribution in [-0.2, 0) is 9.59 Å².